The zero-order valence-electron chi connectivity index (χ0n) is 11.2. The second-order valence-electron chi connectivity index (χ2n) is 4.52. The summed E-state index contributed by atoms with van der Waals surface area (Å²) in [6.45, 7) is 3.88. The predicted octanol–water partition coefficient (Wildman–Crippen LogP) is 3.84. The molecule has 3 N–H and O–H groups in total. The van der Waals surface area contributed by atoms with Gasteiger partial charge in [-0.3, -0.25) is 0 Å². The normalized spacial score (nSPS) is 11.4. The van der Waals surface area contributed by atoms with Crippen LogP contribution in [0.15, 0.2) is 41.6 Å². The van der Waals surface area contributed by atoms with E-state index in [0.29, 0.717) is 22.1 Å². The SMILES string of the molecule is Cc1ccc(Cl)c(Oc2cc(C)ccc2C(N)=NO)c1. The van der Waals surface area contributed by atoms with E-state index < -0.39 is 0 Å². The van der Waals surface area contributed by atoms with Crippen LogP contribution in [-0.2, 0) is 0 Å². The largest absolute Gasteiger partial charge is 0.455 e. The smallest absolute Gasteiger partial charge is 0.173 e. The number of nitrogens with two attached hydrogens (primary N) is 1. The Labute approximate surface area is 122 Å². The molecular formula is C15H15ClN2O2. The van der Waals surface area contributed by atoms with Crippen molar-refractivity contribution in [2.45, 2.75) is 13.8 Å². The van der Waals surface area contributed by atoms with E-state index in [-0.39, 0.29) is 5.84 Å². The molecule has 0 aromatic heterocycles. The van der Waals surface area contributed by atoms with Crippen LogP contribution in [0, 0.1) is 13.8 Å². The number of benzene rings is 2. The number of oxime groups is 1. The van der Waals surface area contributed by atoms with Gasteiger partial charge in [0.25, 0.3) is 0 Å². The first-order chi connectivity index (χ1) is 9.51. The average Bonchev–Trinajstić information content (AvgIpc) is 2.42. The van der Waals surface area contributed by atoms with Gasteiger partial charge in [-0.05, 0) is 49.2 Å². The molecule has 0 aliphatic heterocycles. The number of ether oxygens (including phenoxy) is 1. The van der Waals surface area contributed by atoms with Gasteiger partial charge >= 0.3 is 0 Å². The van der Waals surface area contributed by atoms with Crippen LogP contribution < -0.4 is 10.5 Å². The molecule has 2 aromatic rings. The summed E-state index contributed by atoms with van der Waals surface area (Å²) >= 11 is 6.12. The van der Waals surface area contributed by atoms with E-state index in [1.54, 1.807) is 12.1 Å². The fourth-order valence-corrected chi connectivity index (χ4v) is 1.94. The molecule has 0 fully saturated rings. The summed E-state index contributed by atoms with van der Waals surface area (Å²) in [6.07, 6.45) is 0. The van der Waals surface area contributed by atoms with Crippen LogP contribution in [0.25, 0.3) is 0 Å². The van der Waals surface area contributed by atoms with E-state index in [9.17, 15) is 0 Å². The standard InChI is InChI=1S/C15H15ClN2O2/c1-9-3-5-11(15(17)18-19)13(7-9)20-14-8-10(2)4-6-12(14)16/h3-8,19H,1-2H3,(H2,17,18). The van der Waals surface area contributed by atoms with E-state index in [1.807, 2.05) is 38.1 Å². The zero-order chi connectivity index (χ0) is 14.7. The number of halogens is 1. The Balaban J connectivity index is 2.47. The zero-order valence-corrected chi connectivity index (χ0v) is 12.0. The first-order valence-corrected chi connectivity index (χ1v) is 6.41. The molecule has 2 rings (SSSR count). The van der Waals surface area contributed by atoms with Gasteiger partial charge in [0, 0.05) is 0 Å². The van der Waals surface area contributed by atoms with Gasteiger partial charge in [-0.25, -0.2) is 0 Å². The third kappa shape index (κ3) is 3.03. The van der Waals surface area contributed by atoms with Crippen LogP contribution in [0.5, 0.6) is 11.5 Å². The minimum Gasteiger partial charge on any atom is -0.455 e. The fourth-order valence-electron chi connectivity index (χ4n) is 1.79. The molecule has 0 aliphatic carbocycles. The van der Waals surface area contributed by atoms with Crippen LogP contribution in [-0.4, -0.2) is 11.0 Å². The van der Waals surface area contributed by atoms with Crippen molar-refractivity contribution >= 4 is 17.4 Å². The summed E-state index contributed by atoms with van der Waals surface area (Å²) < 4.78 is 5.82. The highest BCUT2D eigenvalue weighted by molar-refractivity contribution is 6.32. The summed E-state index contributed by atoms with van der Waals surface area (Å²) in [4.78, 5) is 0. The molecule has 5 heteroatoms. The van der Waals surface area contributed by atoms with Gasteiger partial charge in [-0.15, -0.1) is 0 Å². The maximum absolute atomic E-state index is 8.83. The van der Waals surface area contributed by atoms with Crippen LogP contribution in [0.3, 0.4) is 0 Å². The number of rotatable bonds is 3. The van der Waals surface area contributed by atoms with Gasteiger partial charge in [-0.1, -0.05) is 28.9 Å². The Bertz CT molecular complexity index is 669. The molecule has 0 amide bonds. The number of aryl methyl sites for hydroxylation is 2. The molecule has 20 heavy (non-hydrogen) atoms. The Morgan fingerprint density at radius 1 is 1.10 bits per heavy atom. The van der Waals surface area contributed by atoms with Crippen molar-refractivity contribution < 1.29 is 9.94 Å². The highest BCUT2D eigenvalue weighted by Gasteiger charge is 2.11. The van der Waals surface area contributed by atoms with Gasteiger partial charge in [-0.2, -0.15) is 0 Å². The summed E-state index contributed by atoms with van der Waals surface area (Å²) in [5.41, 5.74) is 8.19. The molecule has 0 bridgehead atoms. The van der Waals surface area contributed by atoms with Crippen molar-refractivity contribution in [3.63, 3.8) is 0 Å². The molecule has 0 heterocycles. The highest BCUT2D eigenvalue weighted by Crippen LogP contribution is 2.32. The summed E-state index contributed by atoms with van der Waals surface area (Å²) in [6, 6.07) is 10.9. The molecule has 0 aliphatic rings. The second kappa shape index (κ2) is 5.84. The first kappa shape index (κ1) is 14.2. The molecule has 0 saturated carbocycles. The molecule has 0 radical (unpaired) electrons. The lowest BCUT2D eigenvalue weighted by Gasteiger charge is -2.12. The predicted molar refractivity (Wildman–Crippen MR) is 80.0 cm³/mol. The second-order valence-corrected chi connectivity index (χ2v) is 4.93. The maximum Gasteiger partial charge on any atom is 0.173 e. The monoisotopic (exact) mass is 290 g/mol. The Morgan fingerprint density at radius 3 is 2.35 bits per heavy atom. The highest BCUT2D eigenvalue weighted by atomic mass is 35.5. The van der Waals surface area contributed by atoms with E-state index in [4.69, 9.17) is 27.3 Å². The van der Waals surface area contributed by atoms with Crippen molar-refractivity contribution in [1.29, 1.82) is 0 Å². The Morgan fingerprint density at radius 2 is 1.70 bits per heavy atom. The van der Waals surface area contributed by atoms with Crippen LogP contribution >= 0.6 is 11.6 Å². The van der Waals surface area contributed by atoms with Crippen molar-refractivity contribution in [2.75, 3.05) is 0 Å². The van der Waals surface area contributed by atoms with Gasteiger partial charge in [0.2, 0.25) is 0 Å². The van der Waals surface area contributed by atoms with Crippen LogP contribution in [0.2, 0.25) is 5.02 Å². The minimum absolute atomic E-state index is 0.0104. The lowest BCUT2D eigenvalue weighted by atomic mass is 10.1. The van der Waals surface area contributed by atoms with Crippen LogP contribution in [0.4, 0.5) is 0 Å². The molecule has 0 unspecified atom stereocenters. The molecule has 0 spiro atoms. The van der Waals surface area contributed by atoms with Gasteiger partial charge in [0.15, 0.2) is 5.84 Å². The van der Waals surface area contributed by atoms with E-state index >= 15 is 0 Å². The molecule has 0 atom stereocenters. The van der Waals surface area contributed by atoms with E-state index in [0.717, 1.165) is 11.1 Å². The molecule has 0 saturated heterocycles. The summed E-state index contributed by atoms with van der Waals surface area (Å²) in [5.74, 6) is 1.01. The molecule has 104 valence electrons. The van der Waals surface area contributed by atoms with Crippen molar-refractivity contribution in [2.24, 2.45) is 10.9 Å². The van der Waals surface area contributed by atoms with E-state index in [1.165, 1.54) is 0 Å². The van der Waals surface area contributed by atoms with E-state index in [2.05, 4.69) is 5.16 Å². The average molecular weight is 291 g/mol. The number of hydrogen-bond donors (Lipinski definition) is 2. The lowest BCUT2D eigenvalue weighted by Crippen LogP contribution is -2.14. The van der Waals surface area contributed by atoms with Crippen molar-refractivity contribution in [3.05, 3.63) is 58.1 Å². The van der Waals surface area contributed by atoms with Crippen molar-refractivity contribution in [3.8, 4) is 11.5 Å². The Kier molecular flexibility index (Phi) is 4.15. The molecular weight excluding hydrogens is 276 g/mol. The van der Waals surface area contributed by atoms with Crippen LogP contribution in [0.1, 0.15) is 16.7 Å². The number of hydrogen-bond acceptors (Lipinski definition) is 3. The summed E-state index contributed by atoms with van der Waals surface area (Å²) in [7, 11) is 0. The quantitative estimate of drug-likeness (QED) is 0.390. The minimum atomic E-state index is -0.0104. The van der Waals surface area contributed by atoms with Gasteiger partial charge < -0.3 is 15.7 Å². The molecule has 2 aromatic carbocycles. The third-order valence-corrected chi connectivity index (χ3v) is 3.14. The molecule has 4 nitrogen and oxygen atoms in total. The number of nitrogens with zero attached hydrogens (tertiary/aromatic N) is 1. The fraction of sp³-hybridized carbons (Fsp3) is 0.133. The topological polar surface area (TPSA) is 67.8 Å². The maximum atomic E-state index is 8.83. The lowest BCUT2D eigenvalue weighted by molar-refractivity contribution is 0.318. The van der Waals surface area contributed by atoms with Crippen molar-refractivity contribution in [1.82, 2.24) is 0 Å². The van der Waals surface area contributed by atoms with Gasteiger partial charge in [0.05, 0.1) is 10.6 Å². The summed E-state index contributed by atoms with van der Waals surface area (Å²) in [5, 5.41) is 12.3. The third-order valence-electron chi connectivity index (χ3n) is 2.83. The number of amidine groups is 1. The van der Waals surface area contributed by atoms with Gasteiger partial charge in [0.1, 0.15) is 11.5 Å². The first-order valence-electron chi connectivity index (χ1n) is 6.04. The Hall–Kier alpha value is -2.20.